The molecular formula is C22H33F4O2Si2. The van der Waals surface area contributed by atoms with Crippen molar-refractivity contribution in [3.8, 4) is 5.75 Å². The molecule has 2 heterocycles. The van der Waals surface area contributed by atoms with Crippen LogP contribution in [0.3, 0.4) is 0 Å². The van der Waals surface area contributed by atoms with Crippen LogP contribution in [0, 0.1) is 5.82 Å². The van der Waals surface area contributed by atoms with Gasteiger partial charge in [0.1, 0.15) is 0 Å². The normalized spacial score (nSPS) is 27.8. The Morgan fingerprint density at radius 3 is 2.27 bits per heavy atom. The molecule has 1 unspecified atom stereocenters. The van der Waals surface area contributed by atoms with Crippen molar-refractivity contribution in [3.63, 3.8) is 0 Å². The average molecular weight is 462 g/mol. The van der Waals surface area contributed by atoms with Crippen LogP contribution < -0.4 is 4.74 Å². The first kappa shape index (κ1) is 23.8. The first-order valence-corrected chi connectivity index (χ1v) is 16.1. The van der Waals surface area contributed by atoms with Crippen LogP contribution in [-0.4, -0.2) is 36.1 Å². The Balaban J connectivity index is 1.53. The van der Waals surface area contributed by atoms with Crippen molar-refractivity contribution in [2.45, 2.75) is 93.3 Å². The summed E-state index contributed by atoms with van der Waals surface area (Å²) in [6.07, 6.45) is 0.984. The van der Waals surface area contributed by atoms with E-state index in [-0.39, 0.29) is 5.92 Å². The number of rotatable bonds is 6. The molecule has 2 fully saturated rings. The Bertz CT molecular complexity index is 693. The topological polar surface area (TPSA) is 18.5 Å². The number of ether oxygens (including phenoxy) is 2. The monoisotopic (exact) mass is 461 g/mol. The third-order valence-electron chi connectivity index (χ3n) is 7.42. The summed E-state index contributed by atoms with van der Waals surface area (Å²) in [7, 11) is 0.148. The predicted octanol–water partition coefficient (Wildman–Crippen LogP) is 7.30. The van der Waals surface area contributed by atoms with Crippen LogP contribution in [0.4, 0.5) is 17.6 Å². The maximum absolute atomic E-state index is 14.1. The van der Waals surface area contributed by atoms with E-state index in [1.54, 1.807) is 6.07 Å². The molecule has 2 nitrogen and oxygen atoms in total. The minimum atomic E-state index is -4.87. The van der Waals surface area contributed by atoms with Crippen LogP contribution in [0.2, 0.25) is 36.3 Å². The highest BCUT2D eigenvalue weighted by atomic mass is 28.3. The Kier molecular flexibility index (Phi) is 7.72. The summed E-state index contributed by atoms with van der Waals surface area (Å²) in [5.41, 5.74) is 2.16. The molecule has 0 aromatic heterocycles. The van der Waals surface area contributed by atoms with Gasteiger partial charge in [0.2, 0.25) is 0 Å². The van der Waals surface area contributed by atoms with Gasteiger partial charge in [-0.25, -0.2) is 4.39 Å². The van der Waals surface area contributed by atoms with Crippen LogP contribution in [0.1, 0.15) is 50.5 Å². The van der Waals surface area contributed by atoms with Crippen molar-refractivity contribution < 1.29 is 27.0 Å². The van der Waals surface area contributed by atoms with Crippen molar-refractivity contribution in [1.82, 2.24) is 0 Å². The van der Waals surface area contributed by atoms with E-state index in [2.05, 4.69) is 18.2 Å². The van der Waals surface area contributed by atoms with Gasteiger partial charge < -0.3 is 9.47 Å². The fourth-order valence-electron chi connectivity index (χ4n) is 5.66. The lowest BCUT2D eigenvalue weighted by Gasteiger charge is -2.43. The zero-order valence-corrected chi connectivity index (χ0v) is 20.2. The molecule has 3 rings (SSSR count). The van der Waals surface area contributed by atoms with E-state index in [0.29, 0.717) is 5.73 Å². The van der Waals surface area contributed by atoms with Crippen LogP contribution in [0.5, 0.6) is 5.75 Å². The molecule has 2 saturated heterocycles. The van der Waals surface area contributed by atoms with Crippen LogP contribution in [-0.2, 0) is 4.74 Å². The zero-order valence-electron chi connectivity index (χ0n) is 18.2. The Labute approximate surface area is 180 Å². The SMILES string of the molecule is CCC(OC)[Si]1(C)CCC([Si]2CCC(c3ccc(OC(F)(F)F)c(F)c3)CC2)CC1. The van der Waals surface area contributed by atoms with Crippen LogP contribution >= 0.6 is 0 Å². The molecule has 0 aliphatic carbocycles. The average Bonchev–Trinajstić information content (AvgIpc) is 2.70. The summed E-state index contributed by atoms with van der Waals surface area (Å²) in [4.78, 5) is 0. The molecular weight excluding hydrogens is 428 g/mol. The molecule has 0 bridgehead atoms. The summed E-state index contributed by atoms with van der Waals surface area (Å²) in [6.45, 7) is 4.74. The molecule has 8 heteroatoms. The Morgan fingerprint density at radius 2 is 1.77 bits per heavy atom. The minimum absolute atomic E-state index is 0.245. The maximum Gasteiger partial charge on any atom is 0.573 e. The Morgan fingerprint density at radius 1 is 1.13 bits per heavy atom. The summed E-state index contributed by atoms with van der Waals surface area (Å²) in [5.74, 6) is -1.43. The second kappa shape index (κ2) is 9.73. The second-order valence-electron chi connectivity index (χ2n) is 9.23. The van der Waals surface area contributed by atoms with E-state index in [1.807, 2.05) is 7.11 Å². The van der Waals surface area contributed by atoms with Gasteiger partial charge in [-0.3, -0.25) is 0 Å². The molecule has 2 aliphatic rings. The predicted molar refractivity (Wildman–Crippen MR) is 116 cm³/mol. The lowest BCUT2D eigenvalue weighted by molar-refractivity contribution is -0.275. The van der Waals surface area contributed by atoms with Gasteiger partial charge in [0.25, 0.3) is 0 Å². The van der Waals surface area contributed by atoms with Crippen molar-refractivity contribution in [3.05, 3.63) is 29.6 Å². The van der Waals surface area contributed by atoms with E-state index in [1.165, 1.54) is 43.1 Å². The van der Waals surface area contributed by atoms with Gasteiger partial charge in [0.15, 0.2) is 11.6 Å². The van der Waals surface area contributed by atoms with Gasteiger partial charge in [-0.2, -0.15) is 0 Å². The minimum Gasteiger partial charge on any atom is -0.403 e. The lowest BCUT2D eigenvalue weighted by Crippen LogP contribution is -2.48. The lowest BCUT2D eigenvalue weighted by atomic mass is 9.93. The molecule has 1 radical (unpaired) electrons. The second-order valence-corrected chi connectivity index (χ2v) is 17.3. The van der Waals surface area contributed by atoms with Gasteiger partial charge in [0.05, 0.1) is 16.9 Å². The number of hydrogen-bond acceptors (Lipinski definition) is 2. The van der Waals surface area contributed by atoms with Gasteiger partial charge in [-0.15, -0.1) is 13.2 Å². The van der Waals surface area contributed by atoms with E-state index in [9.17, 15) is 17.6 Å². The van der Waals surface area contributed by atoms with E-state index >= 15 is 0 Å². The van der Waals surface area contributed by atoms with Crippen molar-refractivity contribution in [2.75, 3.05) is 7.11 Å². The molecule has 2 aliphatic heterocycles. The van der Waals surface area contributed by atoms with Crippen LogP contribution in [0.25, 0.3) is 0 Å². The third-order valence-corrected chi connectivity index (χ3v) is 16.1. The molecule has 169 valence electrons. The molecule has 30 heavy (non-hydrogen) atoms. The number of alkyl halides is 3. The van der Waals surface area contributed by atoms with Gasteiger partial charge >= 0.3 is 6.36 Å². The standard InChI is InChI=1S/C22H33F4O2Si2/c1-4-21(27-2)30(3)13-9-18(10-14-30)29-11-7-16(8-12-29)17-5-6-20(19(23)15-17)28-22(24,25)26/h5-6,15-16,18,21H,4,7-14H2,1-3H3. The first-order valence-electron chi connectivity index (χ1n) is 11.1. The molecule has 1 aromatic rings. The summed E-state index contributed by atoms with van der Waals surface area (Å²) in [5, 5.41) is 0. The smallest absolute Gasteiger partial charge is 0.403 e. The molecule has 1 atom stereocenters. The summed E-state index contributed by atoms with van der Waals surface area (Å²) in [6, 6.07) is 9.13. The first-order chi connectivity index (χ1) is 14.1. The molecule has 1 aromatic carbocycles. The molecule has 0 saturated carbocycles. The largest absolute Gasteiger partial charge is 0.573 e. The van der Waals surface area contributed by atoms with Gasteiger partial charge in [-0.1, -0.05) is 56.6 Å². The Hall–Kier alpha value is -0.866. The van der Waals surface area contributed by atoms with E-state index in [0.717, 1.165) is 36.4 Å². The quantitative estimate of drug-likeness (QED) is 0.327. The van der Waals surface area contributed by atoms with Crippen molar-refractivity contribution >= 4 is 16.9 Å². The van der Waals surface area contributed by atoms with E-state index < -0.39 is 34.8 Å². The third kappa shape index (κ3) is 5.68. The molecule has 0 N–H and O–H groups in total. The number of hydrogen-bond donors (Lipinski definition) is 0. The highest BCUT2D eigenvalue weighted by Crippen LogP contribution is 2.46. The highest BCUT2D eigenvalue weighted by Gasteiger charge is 2.42. The fraction of sp³-hybridized carbons (Fsp3) is 0.727. The van der Waals surface area contributed by atoms with E-state index in [4.69, 9.17) is 4.74 Å². The van der Waals surface area contributed by atoms with Crippen molar-refractivity contribution in [1.29, 1.82) is 0 Å². The number of methoxy groups -OCH3 is 1. The van der Waals surface area contributed by atoms with Gasteiger partial charge in [0, 0.05) is 12.8 Å². The number of halogens is 4. The number of benzene rings is 1. The van der Waals surface area contributed by atoms with Gasteiger partial charge in [-0.05, 0) is 48.4 Å². The highest BCUT2D eigenvalue weighted by molar-refractivity contribution is 6.80. The summed E-state index contributed by atoms with van der Waals surface area (Å²) < 4.78 is 60.6. The van der Waals surface area contributed by atoms with Crippen LogP contribution in [0.15, 0.2) is 18.2 Å². The molecule has 0 spiro atoms. The summed E-state index contributed by atoms with van der Waals surface area (Å²) >= 11 is 0. The fourth-order valence-corrected chi connectivity index (χ4v) is 14.3. The maximum atomic E-state index is 14.1. The van der Waals surface area contributed by atoms with Crippen molar-refractivity contribution in [2.24, 2.45) is 0 Å². The zero-order chi connectivity index (χ0) is 21.9. The molecule has 0 amide bonds.